The maximum Gasteiger partial charge on any atom is 0.341 e. The molecule has 0 saturated heterocycles. The fourth-order valence-corrected chi connectivity index (χ4v) is 5.83. The summed E-state index contributed by atoms with van der Waals surface area (Å²) in [5.74, 6) is -0.516. The van der Waals surface area contributed by atoms with Gasteiger partial charge in [-0.3, -0.25) is 4.79 Å². The van der Waals surface area contributed by atoms with Crippen LogP contribution in [0.1, 0.15) is 79.2 Å². The van der Waals surface area contributed by atoms with Gasteiger partial charge < -0.3 is 10.1 Å². The maximum atomic E-state index is 13.0. The van der Waals surface area contributed by atoms with E-state index in [4.69, 9.17) is 4.74 Å². The van der Waals surface area contributed by atoms with Crippen LogP contribution in [0, 0.1) is 17.2 Å². The van der Waals surface area contributed by atoms with Gasteiger partial charge in [0.1, 0.15) is 5.00 Å². The van der Waals surface area contributed by atoms with Crippen molar-refractivity contribution in [2.45, 2.75) is 71.1 Å². The number of esters is 1. The van der Waals surface area contributed by atoms with Crippen LogP contribution in [-0.4, -0.2) is 18.5 Å². The molecule has 0 saturated carbocycles. The van der Waals surface area contributed by atoms with Crippen LogP contribution in [0.5, 0.6) is 0 Å². The van der Waals surface area contributed by atoms with Crippen molar-refractivity contribution in [1.29, 1.82) is 5.26 Å². The number of anilines is 1. The SMILES string of the molecule is CCCC[C@@H](CC)C(=O)Nc1sc2c(c1C(=O)OCC)CC[C@](C#N)(c1ccccc1)C2. The molecule has 1 aliphatic rings. The van der Waals surface area contributed by atoms with Crippen LogP contribution in [0.2, 0.25) is 0 Å². The molecule has 0 fully saturated rings. The number of carbonyl (C=O) groups excluding carboxylic acids is 2. The van der Waals surface area contributed by atoms with Crippen molar-refractivity contribution in [2.24, 2.45) is 5.92 Å². The number of unbranched alkanes of at least 4 members (excludes halogenated alkanes) is 1. The number of rotatable bonds is 9. The molecule has 1 heterocycles. The number of fused-ring (bicyclic) bond motifs is 1. The van der Waals surface area contributed by atoms with Gasteiger partial charge in [-0.2, -0.15) is 5.26 Å². The third-order valence-electron chi connectivity index (χ3n) is 6.38. The molecule has 1 aromatic heterocycles. The monoisotopic (exact) mass is 452 g/mol. The predicted octanol–water partition coefficient (Wildman–Crippen LogP) is 6.03. The molecule has 1 aromatic carbocycles. The molecule has 0 unspecified atom stereocenters. The van der Waals surface area contributed by atoms with Crippen LogP contribution in [-0.2, 0) is 27.8 Å². The minimum atomic E-state index is -0.626. The van der Waals surface area contributed by atoms with E-state index in [1.54, 1.807) is 6.92 Å². The Morgan fingerprint density at radius 2 is 2.00 bits per heavy atom. The summed E-state index contributed by atoms with van der Waals surface area (Å²) in [6.07, 6.45) is 5.40. The largest absolute Gasteiger partial charge is 0.462 e. The van der Waals surface area contributed by atoms with Crippen molar-refractivity contribution in [3.8, 4) is 6.07 Å². The first kappa shape index (κ1) is 24.0. The fourth-order valence-electron chi connectivity index (χ4n) is 4.48. The molecule has 1 amide bonds. The van der Waals surface area contributed by atoms with Gasteiger partial charge in [-0.05, 0) is 43.7 Å². The Labute approximate surface area is 194 Å². The van der Waals surface area contributed by atoms with Gasteiger partial charge in [-0.25, -0.2) is 4.79 Å². The highest BCUT2D eigenvalue weighted by atomic mass is 32.1. The molecule has 0 spiro atoms. The number of nitriles is 1. The average molecular weight is 453 g/mol. The first-order chi connectivity index (χ1) is 15.5. The molecular weight excluding hydrogens is 420 g/mol. The first-order valence-corrected chi connectivity index (χ1v) is 12.4. The molecule has 3 rings (SSSR count). The van der Waals surface area contributed by atoms with E-state index in [0.29, 0.717) is 29.8 Å². The van der Waals surface area contributed by atoms with Gasteiger partial charge in [-0.1, -0.05) is 57.0 Å². The second kappa shape index (κ2) is 10.8. The third kappa shape index (κ3) is 4.88. The Morgan fingerprint density at radius 1 is 1.25 bits per heavy atom. The Hall–Kier alpha value is -2.65. The number of benzene rings is 1. The van der Waals surface area contributed by atoms with E-state index in [0.717, 1.165) is 41.7 Å². The minimum Gasteiger partial charge on any atom is -0.462 e. The van der Waals surface area contributed by atoms with Crippen LogP contribution >= 0.6 is 11.3 Å². The van der Waals surface area contributed by atoms with Gasteiger partial charge in [0.2, 0.25) is 5.91 Å². The van der Waals surface area contributed by atoms with E-state index in [-0.39, 0.29) is 18.4 Å². The third-order valence-corrected chi connectivity index (χ3v) is 7.53. The van der Waals surface area contributed by atoms with Crippen LogP contribution < -0.4 is 5.32 Å². The van der Waals surface area contributed by atoms with Gasteiger partial charge >= 0.3 is 5.97 Å². The summed E-state index contributed by atoms with van der Waals surface area (Å²) in [6.45, 7) is 6.19. The van der Waals surface area contributed by atoms with E-state index in [1.165, 1.54) is 11.3 Å². The Balaban J connectivity index is 1.96. The summed E-state index contributed by atoms with van der Waals surface area (Å²) in [5, 5.41) is 13.7. The first-order valence-electron chi connectivity index (χ1n) is 11.6. The molecule has 6 heteroatoms. The molecule has 32 heavy (non-hydrogen) atoms. The summed E-state index contributed by atoms with van der Waals surface area (Å²) in [5.41, 5.74) is 1.77. The molecule has 2 atom stereocenters. The highest BCUT2D eigenvalue weighted by Gasteiger charge is 2.40. The molecule has 1 aliphatic carbocycles. The number of nitrogens with zero attached hydrogens (tertiary/aromatic N) is 1. The number of hydrogen-bond donors (Lipinski definition) is 1. The number of thiophene rings is 1. The molecule has 0 bridgehead atoms. The van der Waals surface area contributed by atoms with Gasteiger partial charge in [0.15, 0.2) is 0 Å². The summed E-state index contributed by atoms with van der Waals surface area (Å²) in [6, 6.07) is 12.4. The highest BCUT2D eigenvalue weighted by Crippen LogP contribution is 2.45. The smallest absolute Gasteiger partial charge is 0.341 e. The lowest BCUT2D eigenvalue weighted by Crippen LogP contribution is -2.31. The fraction of sp³-hybridized carbons (Fsp3) is 0.500. The van der Waals surface area contributed by atoms with E-state index >= 15 is 0 Å². The lowest BCUT2D eigenvalue weighted by Gasteiger charge is -2.31. The topological polar surface area (TPSA) is 79.2 Å². The van der Waals surface area contributed by atoms with Crippen LogP contribution in [0.3, 0.4) is 0 Å². The number of ether oxygens (including phenoxy) is 1. The zero-order valence-electron chi connectivity index (χ0n) is 19.2. The van der Waals surface area contributed by atoms with Crippen LogP contribution in [0.4, 0.5) is 5.00 Å². The molecule has 1 N–H and O–H groups in total. The number of nitrogens with one attached hydrogen (secondary N) is 1. The number of amides is 1. The molecule has 5 nitrogen and oxygen atoms in total. The number of hydrogen-bond acceptors (Lipinski definition) is 5. The van der Waals surface area contributed by atoms with Gasteiger partial charge in [0.05, 0.1) is 23.7 Å². The van der Waals surface area contributed by atoms with Crippen molar-refractivity contribution in [3.63, 3.8) is 0 Å². The maximum absolute atomic E-state index is 13.0. The molecule has 0 radical (unpaired) electrons. The van der Waals surface area contributed by atoms with Crippen LogP contribution in [0.25, 0.3) is 0 Å². The molecule has 0 aliphatic heterocycles. The Bertz CT molecular complexity index is 992. The molecule has 170 valence electrons. The lowest BCUT2D eigenvalue weighted by molar-refractivity contribution is -0.120. The van der Waals surface area contributed by atoms with Gasteiger partial charge in [0, 0.05) is 17.2 Å². The zero-order chi connectivity index (χ0) is 23.1. The van der Waals surface area contributed by atoms with Gasteiger partial charge in [0.25, 0.3) is 0 Å². The average Bonchev–Trinajstić information content (AvgIpc) is 3.16. The summed E-state index contributed by atoms with van der Waals surface area (Å²) >= 11 is 1.42. The minimum absolute atomic E-state index is 0.0419. The van der Waals surface area contributed by atoms with E-state index < -0.39 is 11.4 Å². The molecular formula is C26H32N2O3S. The summed E-state index contributed by atoms with van der Waals surface area (Å²) in [4.78, 5) is 26.8. The zero-order valence-corrected chi connectivity index (χ0v) is 20.0. The van der Waals surface area contributed by atoms with Crippen molar-refractivity contribution in [3.05, 3.63) is 51.9 Å². The second-order valence-electron chi connectivity index (χ2n) is 8.40. The predicted molar refractivity (Wildman–Crippen MR) is 128 cm³/mol. The summed E-state index contributed by atoms with van der Waals surface area (Å²) < 4.78 is 5.34. The lowest BCUT2D eigenvalue weighted by atomic mass is 9.70. The van der Waals surface area contributed by atoms with E-state index in [1.807, 2.05) is 37.3 Å². The molecule has 2 aromatic rings. The van der Waals surface area contributed by atoms with E-state index in [9.17, 15) is 14.9 Å². The highest BCUT2D eigenvalue weighted by molar-refractivity contribution is 7.17. The normalized spacial score (nSPS) is 18.3. The van der Waals surface area contributed by atoms with Crippen molar-refractivity contribution >= 4 is 28.2 Å². The summed E-state index contributed by atoms with van der Waals surface area (Å²) in [7, 11) is 0. The Morgan fingerprint density at radius 3 is 2.62 bits per heavy atom. The second-order valence-corrected chi connectivity index (χ2v) is 9.51. The van der Waals surface area contributed by atoms with Crippen molar-refractivity contribution in [1.82, 2.24) is 0 Å². The van der Waals surface area contributed by atoms with Crippen LogP contribution in [0.15, 0.2) is 30.3 Å². The standard InChI is InChI=1S/C26H32N2O3S/c1-4-7-11-18(5-2)23(29)28-24-22(25(30)31-6-3)20-14-15-26(17-27,16-21(20)32-24)19-12-9-8-10-13-19/h8-10,12-13,18H,4-7,11,14-16H2,1-3H3,(H,28,29)/t18-,26+/m1/s1. The number of carbonyl (C=O) groups is 2. The quantitative estimate of drug-likeness (QED) is 0.471. The van der Waals surface area contributed by atoms with E-state index in [2.05, 4.69) is 18.3 Å². The van der Waals surface area contributed by atoms with Crippen molar-refractivity contribution in [2.75, 3.05) is 11.9 Å². The van der Waals surface area contributed by atoms with Crippen molar-refractivity contribution < 1.29 is 14.3 Å². The Kier molecular flexibility index (Phi) is 8.09. The van der Waals surface area contributed by atoms with Gasteiger partial charge in [-0.15, -0.1) is 11.3 Å².